The summed E-state index contributed by atoms with van der Waals surface area (Å²) >= 11 is 6.90. The molecule has 0 saturated carbocycles. The Bertz CT molecular complexity index is 2000. The van der Waals surface area contributed by atoms with Gasteiger partial charge in [-0.2, -0.15) is 14.4 Å². The Hall–Kier alpha value is -5.23. The lowest BCUT2D eigenvalue weighted by Gasteiger charge is -2.39. The first-order chi connectivity index (χ1) is 24.0. The van der Waals surface area contributed by atoms with E-state index < -0.39 is 18.0 Å². The lowest BCUT2D eigenvalue weighted by molar-refractivity contribution is 0.136. The van der Waals surface area contributed by atoms with E-state index in [-0.39, 0.29) is 53.0 Å². The highest BCUT2D eigenvalue weighted by molar-refractivity contribution is 6.34. The molecule has 1 saturated heterocycles. The second-order valence-electron chi connectivity index (χ2n) is 12.4. The number of piperazine rings is 1. The van der Waals surface area contributed by atoms with E-state index in [9.17, 15) is 9.90 Å². The molecule has 0 spiro atoms. The number of methoxy groups -OCH3 is 2. The monoisotopic (exact) mass is 702 g/mol. The average molecular weight is 703 g/mol. The van der Waals surface area contributed by atoms with Gasteiger partial charge in [0.15, 0.2) is 5.82 Å². The fourth-order valence-electron chi connectivity index (χ4n) is 6.28. The van der Waals surface area contributed by atoms with Gasteiger partial charge in [0.2, 0.25) is 0 Å². The van der Waals surface area contributed by atoms with E-state index in [1.807, 2.05) is 68.4 Å². The van der Waals surface area contributed by atoms with Crippen LogP contribution in [-0.2, 0) is 13.1 Å². The molecule has 2 aromatic heterocycles. The second kappa shape index (κ2) is 14.3. The van der Waals surface area contributed by atoms with Gasteiger partial charge in [-0.3, -0.25) is 0 Å². The van der Waals surface area contributed by atoms with Crippen LogP contribution in [-0.4, -0.2) is 70.9 Å². The summed E-state index contributed by atoms with van der Waals surface area (Å²) in [6.07, 6.45) is -2.15. The van der Waals surface area contributed by atoms with Crippen LogP contribution >= 0.6 is 11.6 Å². The lowest BCUT2D eigenvalue weighted by Crippen LogP contribution is -2.53. The topological polar surface area (TPSA) is 104 Å². The van der Waals surface area contributed by atoms with Crippen LogP contribution in [0.4, 0.5) is 25.2 Å². The molecular formula is C37H37ClF2N6O4. The number of aryl methyl sites for hydroxylation is 1. The Morgan fingerprint density at radius 1 is 0.940 bits per heavy atom. The third-order valence-corrected chi connectivity index (χ3v) is 9.45. The highest BCUT2D eigenvalue weighted by Crippen LogP contribution is 2.40. The Labute approximate surface area is 293 Å². The Balaban J connectivity index is 1.45. The Morgan fingerprint density at radius 2 is 1.54 bits per heavy atom. The molecule has 1 amide bonds. The summed E-state index contributed by atoms with van der Waals surface area (Å²) in [4.78, 5) is 29.6. The molecular weight excluding hydrogens is 666 g/mol. The zero-order valence-corrected chi connectivity index (χ0v) is 29.1. The lowest BCUT2D eigenvalue weighted by atomic mass is 10.00. The molecule has 1 aliphatic rings. The number of benzene rings is 3. The maximum absolute atomic E-state index is 16.8. The number of pyridine rings is 1. The van der Waals surface area contributed by atoms with Gasteiger partial charge in [0.05, 0.1) is 30.5 Å². The van der Waals surface area contributed by atoms with Crippen molar-refractivity contribution in [2.75, 3.05) is 43.7 Å². The minimum Gasteiger partial charge on any atom is -0.497 e. The van der Waals surface area contributed by atoms with Gasteiger partial charge in [-0.15, -0.1) is 0 Å². The molecule has 3 aromatic carbocycles. The molecule has 260 valence electrons. The number of carbonyl (C=O) groups is 1. The van der Waals surface area contributed by atoms with Crippen LogP contribution in [0, 0.1) is 25.7 Å². The second-order valence-corrected chi connectivity index (χ2v) is 12.8. The smallest absolute Gasteiger partial charge is 0.407 e. The molecule has 6 rings (SSSR count). The zero-order valence-electron chi connectivity index (χ0n) is 28.4. The largest absolute Gasteiger partial charge is 0.497 e. The summed E-state index contributed by atoms with van der Waals surface area (Å²) in [5.41, 5.74) is 3.65. The first-order valence-electron chi connectivity index (χ1n) is 16.1. The van der Waals surface area contributed by atoms with Crippen molar-refractivity contribution in [3.8, 4) is 22.8 Å². The highest BCUT2D eigenvalue weighted by Gasteiger charge is 2.31. The third kappa shape index (κ3) is 6.93. The molecule has 1 aliphatic heterocycles. The number of rotatable bonds is 9. The number of ether oxygens (including phenoxy) is 2. The highest BCUT2D eigenvalue weighted by atomic mass is 35.5. The van der Waals surface area contributed by atoms with E-state index >= 15 is 8.78 Å². The van der Waals surface area contributed by atoms with Gasteiger partial charge in [0, 0.05) is 44.2 Å². The van der Waals surface area contributed by atoms with Gasteiger partial charge >= 0.3 is 12.2 Å². The van der Waals surface area contributed by atoms with Gasteiger partial charge in [0.25, 0.3) is 0 Å². The molecule has 0 unspecified atom stereocenters. The number of nitrogens with zero attached hydrogens (tertiary/aromatic N) is 6. The summed E-state index contributed by atoms with van der Waals surface area (Å²) in [6.45, 7) is 7.12. The number of anilines is 2. The normalized spacial score (nSPS) is 14.6. The number of carboxylic acid groups (broad SMARTS) is 1. The molecule has 0 radical (unpaired) electrons. The van der Waals surface area contributed by atoms with Crippen molar-refractivity contribution in [2.45, 2.75) is 39.9 Å². The van der Waals surface area contributed by atoms with Crippen molar-refractivity contribution in [2.24, 2.45) is 0 Å². The first kappa shape index (κ1) is 34.6. The molecule has 5 aromatic rings. The summed E-state index contributed by atoms with van der Waals surface area (Å²) < 4.78 is 42.5. The fourth-order valence-corrected chi connectivity index (χ4v) is 6.56. The van der Waals surface area contributed by atoms with Gasteiger partial charge in [-0.25, -0.2) is 14.2 Å². The molecule has 1 N–H and O–H groups in total. The van der Waals surface area contributed by atoms with E-state index in [2.05, 4.69) is 14.9 Å². The standard InChI is InChI=1S/C37H37ClF2N6O4/c1-21-16-30(45(19-24-6-10-26(49-4)11-7-24)20-25-8-12-27(50-5)13-9-25)41-33(23(21)3)31-29(38)17-28-34(32(31)39)42-36(40)43-35(28)46-15-14-44(37(47)48)18-22(46)2/h6-13,16-17,22H,14-15,18-20H2,1-5H3,(H,47,48)/t22-/m0/s1. The van der Waals surface area contributed by atoms with E-state index in [1.165, 1.54) is 11.0 Å². The summed E-state index contributed by atoms with van der Waals surface area (Å²) in [7, 11) is 3.24. The maximum Gasteiger partial charge on any atom is 0.407 e. The number of fused-ring (bicyclic) bond motifs is 1. The molecule has 13 heteroatoms. The Morgan fingerprint density at radius 3 is 2.08 bits per heavy atom. The predicted octanol–water partition coefficient (Wildman–Crippen LogP) is 7.65. The van der Waals surface area contributed by atoms with Crippen molar-refractivity contribution in [1.82, 2.24) is 19.9 Å². The fraction of sp³-hybridized carbons (Fsp3) is 0.297. The van der Waals surface area contributed by atoms with Gasteiger partial charge in [-0.05, 0) is 79.4 Å². The van der Waals surface area contributed by atoms with E-state index in [4.69, 9.17) is 26.1 Å². The quantitative estimate of drug-likeness (QED) is 0.155. The van der Waals surface area contributed by atoms with Gasteiger partial charge < -0.3 is 29.3 Å². The van der Waals surface area contributed by atoms with Crippen molar-refractivity contribution in [1.29, 1.82) is 0 Å². The van der Waals surface area contributed by atoms with E-state index in [1.54, 1.807) is 26.0 Å². The number of aromatic nitrogens is 3. The molecule has 50 heavy (non-hydrogen) atoms. The molecule has 0 aliphatic carbocycles. The van der Waals surface area contributed by atoms with Gasteiger partial charge in [-0.1, -0.05) is 35.9 Å². The van der Waals surface area contributed by atoms with Crippen LogP contribution in [0.2, 0.25) is 5.02 Å². The van der Waals surface area contributed by atoms with Crippen LogP contribution in [0.3, 0.4) is 0 Å². The average Bonchev–Trinajstić information content (AvgIpc) is 3.10. The zero-order chi connectivity index (χ0) is 35.7. The van der Waals surface area contributed by atoms with Crippen LogP contribution < -0.4 is 19.3 Å². The SMILES string of the molecule is COc1ccc(CN(Cc2ccc(OC)cc2)c2cc(C)c(C)c(-c3c(Cl)cc4c(N5CCN(C(=O)O)C[C@@H]5C)nc(F)nc4c3F)n2)cc1. The summed E-state index contributed by atoms with van der Waals surface area (Å²) in [6, 6.07) is 18.6. The van der Waals surface area contributed by atoms with Crippen LogP contribution in [0.5, 0.6) is 11.5 Å². The molecule has 0 bridgehead atoms. The summed E-state index contributed by atoms with van der Waals surface area (Å²) in [5.74, 6) is 1.39. The molecule has 10 nitrogen and oxygen atoms in total. The van der Waals surface area contributed by atoms with Crippen molar-refractivity contribution in [3.05, 3.63) is 99.8 Å². The van der Waals surface area contributed by atoms with E-state index in [0.29, 0.717) is 30.2 Å². The molecule has 3 heterocycles. The summed E-state index contributed by atoms with van der Waals surface area (Å²) in [5, 5.41) is 9.74. The first-order valence-corrected chi connectivity index (χ1v) is 16.4. The van der Waals surface area contributed by atoms with Crippen LogP contribution in [0.25, 0.3) is 22.2 Å². The van der Waals surface area contributed by atoms with Crippen molar-refractivity contribution in [3.63, 3.8) is 0 Å². The van der Waals surface area contributed by atoms with Gasteiger partial charge in [0.1, 0.15) is 28.7 Å². The third-order valence-electron chi connectivity index (χ3n) is 9.15. The van der Waals surface area contributed by atoms with Crippen molar-refractivity contribution < 1.29 is 28.2 Å². The number of hydrogen-bond donors (Lipinski definition) is 1. The number of amides is 1. The number of halogens is 3. The van der Waals surface area contributed by atoms with E-state index in [0.717, 1.165) is 28.2 Å². The minimum absolute atomic E-state index is 0.00302. The molecule has 1 fully saturated rings. The maximum atomic E-state index is 16.8. The predicted molar refractivity (Wildman–Crippen MR) is 189 cm³/mol. The van der Waals surface area contributed by atoms with Crippen LogP contribution in [0.1, 0.15) is 29.2 Å². The van der Waals surface area contributed by atoms with Crippen LogP contribution in [0.15, 0.2) is 60.7 Å². The molecule has 1 atom stereocenters. The minimum atomic E-state index is -1.10. The number of hydrogen-bond acceptors (Lipinski definition) is 8. The Kier molecular flexibility index (Phi) is 9.92. The van der Waals surface area contributed by atoms with Crippen molar-refractivity contribution >= 4 is 40.2 Å².